The number of H-pyrrole nitrogens is 2. The molecule has 0 amide bonds. The van der Waals surface area contributed by atoms with Gasteiger partial charge in [-0.3, -0.25) is 15.0 Å². The molecule has 0 aliphatic heterocycles. The van der Waals surface area contributed by atoms with E-state index in [1.807, 2.05) is 24.3 Å². The summed E-state index contributed by atoms with van der Waals surface area (Å²) in [5.74, 6) is 0. The summed E-state index contributed by atoms with van der Waals surface area (Å²) < 4.78 is 0. The first-order chi connectivity index (χ1) is 10.2. The number of benzene rings is 2. The highest BCUT2D eigenvalue weighted by atomic mass is 16.1. The van der Waals surface area contributed by atoms with Crippen LogP contribution in [0.25, 0.3) is 11.3 Å². The summed E-state index contributed by atoms with van der Waals surface area (Å²) in [6.07, 6.45) is 0. The fraction of sp³-hybridized carbons (Fsp3) is 0.118. The van der Waals surface area contributed by atoms with Gasteiger partial charge in [-0.25, -0.2) is 0 Å². The standard InChI is InChI=1S/C17H17N3O/c1-12-2-4-13(5-3-12)11-18-15-8-6-14(7-9-15)16-10-17(21)20-19-16/h2-10,18H,11H2,1H3,(H2,19,20,21). The number of anilines is 1. The predicted molar refractivity (Wildman–Crippen MR) is 85.4 cm³/mol. The van der Waals surface area contributed by atoms with Crippen molar-refractivity contribution in [3.05, 3.63) is 76.1 Å². The van der Waals surface area contributed by atoms with E-state index < -0.39 is 0 Å². The second-order valence-electron chi connectivity index (χ2n) is 5.09. The van der Waals surface area contributed by atoms with Crippen molar-refractivity contribution in [2.24, 2.45) is 0 Å². The van der Waals surface area contributed by atoms with Gasteiger partial charge in [0.15, 0.2) is 0 Å². The van der Waals surface area contributed by atoms with E-state index in [9.17, 15) is 4.79 Å². The Balaban J connectivity index is 1.67. The Morgan fingerprint density at radius 2 is 1.67 bits per heavy atom. The van der Waals surface area contributed by atoms with E-state index in [4.69, 9.17) is 0 Å². The number of aryl methyl sites for hydroxylation is 1. The lowest BCUT2D eigenvalue weighted by atomic mass is 10.1. The summed E-state index contributed by atoms with van der Waals surface area (Å²) in [5, 5.41) is 8.77. The van der Waals surface area contributed by atoms with E-state index >= 15 is 0 Å². The van der Waals surface area contributed by atoms with Crippen molar-refractivity contribution in [2.75, 3.05) is 5.32 Å². The number of nitrogens with one attached hydrogen (secondary N) is 3. The Labute approximate surface area is 122 Å². The molecule has 0 unspecified atom stereocenters. The molecule has 0 aliphatic carbocycles. The lowest BCUT2D eigenvalue weighted by Crippen LogP contribution is -1.99. The minimum absolute atomic E-state index is 0.119. The van der Waals surface area contributed by atoms with E-state index in [1.54, 1.807) is 6.07 Å². The zero-order valence-electron chi connectivity index (χ0n) is 11.8. The molecular weight excluding hydrogens is 262 g/mol. The van der Waals surface area contributed by atoms with Crippen LogP contribution in [0.5, 0.6) is 0 Å². The van der Waals surface area contributed by atoms with Crippen LogP contribution in [-0.4, -0.2) is 10.2 Å². The molecule has 1 heterocycles. The SMILES string of the molecule is Cc1ccc(CNc2ccc(-c3cc(=O)[nH][nH]3)cc2)cc1. The molecule has 3 aromatic rings. The quantitative estimate of drug-likeness (QED) is 0.686. The van der Waals surface area contributed by atoms with E-state index in [0.717, 1.165) is 23.5 Å². The van der Waals surface area contributed by atoms with Crippen LogP contribution < -0.4 is 10.9 Å². The summed E-state index contributed by atoms with van der Waals surface area (Å²) >= 11 is 0. The van der Waals surface area contributed by atoms with Gasteiger partial charge in [0.25, 0.3) is 5.56 Å². The maximum absolute atomic E-state index is 11.1. The number of aromatic nitrogens is 2. The third kappa shape index (κ3) is 3.23. The minimum Gasteiger partial charge on any atom is -0.381 e. The molecule has 0 fully saturated rings. The van der Waals surface area contributed by atoms with Crippen molar-refractivity contribution in [3.8, 4) is 11.3 Å². The molecule has 0 radical (unpaired) electrons. The maximum Gasteiger partial charge on any atom is 0.264 e. The van der Waals surface area contributed by atoms with E-state index in [-0.39, 0.29) is 5.56 Å². The molecule has 0 saturated carbocycles. The zero-order chi connectivity index (χ0) is 14.7. The van der Waals surface area contributed by atoms with Gasteiger partial charge in [-0.15, -0.1) is 0 Å². The highest BCUT2D eigenvalue weighted by Gasteiger charge is 2.00. The second-order valence-corrected chi connectivity index (χ2v) is 5.09. The van der Waals surface area contributed by atoms with Gasteiger partial charge in [-0.05, 0) is 30.2 Å². The van der Waals surface area contributed by atoms with Crippen LogP contribution in [0, 0.1) is 6.92 Å². The smallest absolute Gasteiger partial charge is 0.264 e. The van der Waals surface area contributed by atoms with Crippen molar-refractivity contribution >= 4 is 5.69 Å². The van der Waals surface area contributed by atoms with Crippen molar-refractivity contribution in [3.63, 3.8) is 0 Å². The van der Waals surface area contributed by atoms with Gasteiger partial charge >= 0.3 is 0 Å². The van der Waals surface area contributed by atoms with Gasteiger partial charge in [-0.2, -0.15) is 0 Å². The molecule has 0 bridgehead atoms. The van der Waals surface area contributed by atoms with Crippen LogP contribution in [0.1, 0.15) is 11.1 Å². The monoisotopic (exact) mass is 279 g/mol. The topological polar surface area (TPSA) is 60.7 Å². The number of hydrogen-bond donors (Lipinski definition) is 3. The van der Waals surface area contributed by atoms with Gasteiger partial charge < -0.3 is 5.32 Å². The first-order valence-electron chi connectivity index (χ1n) is 6.88. The summed E-state index contributed by atoms with van der Waals surface area (Å²) in [6, 6.07) is 18.0. The fourth-order valence-corrected chi connectivity index (χ4v) is 2.17. The Hall–Kier alpha value is -2.75. The highest BCUT2D eigenvalue weighted by Crippen LogP contribution is 2.18. The Morgan fingerprint density at radius 1 is 0.952 bits per heavy atom. The fourth-order valence-electron chi connectivity index (χ4n) is 2.17. The molecule has 0 saturated heterocycles. The van der Waals surface area contributed by atoms with Crippen LogP contribution in [0.3, 0.4) is 0 Å². The van der Waals surface area contributed by atoms with E-state index in [2.05, 4.69) is 46.7 Å². The lowest BCUT2D eigenvalue weighted by molar-refractivity contribution is 1.06. The Kier molecular flexibility index (Phi) is 3.60. The summed E-state index contributed by atoms with van der Waals surface area (Å²) in [6.45, 7) is 2.88. The molecule has 3 N–H and O–H groups in total. The maximum atomic E-state index is 11.1. The number of aromatic amines is 2. The highest BCUT2D eigenvalue weighted by molar-refractivity contribution is 5.62. The molecule has 106 valence electrons. The summed E-state index contributed by atoms with van der Waals surface area (Å²) in [7, 11) is 0. The molecule has 4 nitrogen and oxygen atoms in total. The summed E-state index contributed by atoms with van der Waals surface area (Å²) in [4.78, 5) is 11.1. The predicted octanol–water partition coefficient (Wildman–Crippen LogP) is 3.29. The molecule has 0 atom stereocenters. The van der Waals surface area contributed by atoms with Crippen molar-refractivity contribution in [1.82, 2.24) is 10.2 Å². The molecule has 3 rings (SSSR count). The first-order valence-corrected chi connectivity index (χ1v) is 6.88. The molecule has 21 heavy (non-hydrogen) atoms. The van der Waals surface area contributed by atoms with Crippen molar-refractivity contribution in [1.29, 1.82) is 0 Å². The largest absolute Gasteiger partial charge is 0.381 e. The number of rotatable bonds is 4. The van der Waals surface area contributed by atoms with Gasteiger partial charge in [0.1, 0.15) is 0 Å². The summed E-state index contributed by atoms with van der Waals surface area (Å²) in [5.41, 5.74) is 5.23. The lowest BCUT2D eigenvalue weighted by Gasteiger charge is -2.07. The molecule has 0 spiro atoms. The minimum atomic E-state index is -0.119. The molecule has 4 heteroatoms. The molecule has 1 aromatic heterocycles. The van der Waals surface area contributed by atoms with Crippen LogP contribution in [0.15, 0.2) is 59.4 Å². The Morgan fingerprint density at radius 3 is 2.29 bits per heavy atom. The third-order valence-corrected chi connectivity index (χ3v) is 3.41. The molecule has 0 aliphatic rings. The van der Waals surface area contributed by atoms with Crippen LogP contribution in [0.4, 0.5) is 5.69 Å². The molecular formula is C17H17N3O. The van der Waals surface area contributed by atoms with E-state index in [0.29, 0.717) is 0 Å². The average molecular weight is 279 g/mol. The third-order valence-electron chi connectivity index (χ3n) is 3.41. The normalized spacial score (nSPS) is 10.5. The zero-order valence-corrected chi connectivity index (χ0v) is 11.8. The molecule has 2 aromatic carbocycles. The van der Waals surface area contributed by atoms with Gasteiger partial charge in [0.05, 0.1) is 5.69 Å². The average Bonchev–Trinajstić information content (AvgIpc) is 2.94. The van der Waals surface area contributed by atoms with Crippen molar-refractivity contribution < 1.29 is 0 Å². The van der Waals surface area contributed by atoms with Crippen LogP contribution in [0.2, 0.25) is 0 Å². The van der Waals surface area contributed by atoms with Crippen LogP contribution in [-0.2, 0) is 6.54 Å². The van der Waals surface area contributed by atoms with Gasteiger partial charge in [-0.1, -0.05) is 42.0 Å². The van der Waals surface area contributed by atoms with Gasteiger partial charge in [0.2, 0.25) is 0 Å². The van der Waals surface area contributed by atoms with Crippen LogP contribution >= 0.6 is 0 Å². The Bertz CT molecular complexity index is 767. The first kappa shape index (κ1) is 13.2. The second kappa shape index (κ2) is 5.71. The number of hydrogen-bond acceptors (Lipinski definition) is 2. The van der Waals surface area contributed by atoms with Gasteiger partial charge in [0, 0.05) is 18.3 Å². The van der Waals surface area contributed by atoms with Crippen molar-refractivity contribution in [2.45, 2.75) is 13.5 Å². The van der Waals surface area contributed by atoms with E-state index in [1.165, 1.54) is 11.1 Å².